The minimum atomic E-state index is -0.776. The van der Waals surface area contributed by atoms with E-state index in [1.54, 1.807) is 12.2 Å². The Bertz CT molecular complexity index is 1650. The lowest BCUT2D eigenvalue weighted by Gasteiger charge is -2.21. The first-order valence-corrected chi connectivity index (χ1v) is 17.3. The summed E-state index contributed by atoms with van der Waals surface area (Å²) in [4.78, 5) is 13.3. The molecule has 0 saturated heterocycles. The molecule has 0 aliphatic heterocycles. The molecule has 0 fully saturated rings. The SMILES string of the molecule is O=C(/C=C/c1ccccc1P(c1ccccc1)c1ccccc1)/C=C/c1ccccc1P(c1ccccc1)c1ccccc1. The number of hydrogen-bond donors (Lipinski definition) is 0. The van der Waals surface area contributed by atoms with Crippen LogP contribution in [0, 0.1) is 0 Å². The Morgan fingerprint density at radius 2 is 0.636 bits per heavy atom. The van der Waals surface area contributed by atoms with Crippen molar-refractivity contribution in [3.05, 3.63) is 193 Å². The highest BCUT2D eigenvalue weighted by Gasteiger charge is 2.19. The van der Waals surface area contributed by atoms with E-state index in [0.717, 1.165) is 11.1 Å². The van der Waals surface area contributed by atoms with Crippen molar-refractivity contribution in [3.8, 4) is 0 Å². The normalized spacial score (nSPS) is 11.5. The van der Waals surface area contributed by atoms with Gasteiger partial charge in [-0.3, -0.25) is 4.79 Å². The van der Waals surface area contributed by atoms with Gasteiger partial charge in [-0.05, 0) is 70.9 Å². The summed E-state index contributed by atoms with van der Waals surface area (Å²) in [6.07, 6.45) is 7.32. The average Bonchev–Trinajstić information content (AvgIpc) is 3.09. The number of allylic oxidation sites excluding steroid dienone is 2. The van der Waals surface area contributed by atoms with Crippen LogP contribution in [0.15, 0.2) is 182 Å². The first-order chi connectivity index (χ1) is 21.8. The zero-order chi connectivity index (χ0) is 30.0. The molecule has 0 unspecified atom stereocenters. The van der Waals surface area contributed by atoms with Crippen LogP contribution in [-0.4, -0.2) is 5.78 Å². The number of ketones is 1. The van der Waals surface area contributed by atoms with Gasteiger partial charge in [-0.2, -0.15) is 0 Å². The molecule has 0 heterocycles. The van der Waals surface area contributed by atoms with Crippen molar-refractivity contribution in [2.24, 2.45) is 0 Å². The molecule has 0 atom stereocenters. The zero-order valence-electron chi connectivity index (χ0n) is 24.3. The molecule has 6 rings (SSSR count). The summed E-state index contributed by atoms with van der Waals surface area (Å²) in [6, 6.07) is 59.4. The van der Waals surface area contributed by atoms with Crippen molar-refractivity contribution in [1.29, 1.82) is 0 Å². The number of hydrogen-bond acceptors (Lipinski definition) is 1. The van der Waals surface area contributed by atoms with Gasteiger partial charge in [0, 0.05) is 0 Å². The summed E-state index contributed by atoms with van der Waals surface area (Å²) >= 11 is 0. The maximum absolute atomic E-state index is 13.3. The van der Waals surface area contributed by atoms with Crippen molar-refractivity contribution < 1.29 is 4.79 Å². The van der Waals surface area contributed by atoms with Crippen LogP contribution in [0.1, 0.15) is 11.1 Å². The van der Waals surface area contributed by atoms with Crippen molar-refractivity contribution >= 4 is 65.6 Å². The largest absolute Gasteiger partial charge is 0.290 e. The van der Waals surface area contributed by atoms with Gasteiger partial charge in [-0.1, -0.05) is 182 Å². The monoisotopic (exact) mass is 602 g/mol. The van der Waals surface area contributed by atoms with Gasteiger partial charge in [0.1, 0.15) is 0 Å². The molecule has 0 saturated carbocycles. The van der Waals surface area contributed by atoms with Crippen molar-refractivity contribution in [2.75, 3.05) is 0 Å². The molecular weight excluding hydrogens is 570 g/mol. The predicted molar refractivity (Wildman–Crippen MR) is 193 cm³/mol. The molecule has 212 valence electrons. The van der Waals surface area contributed by atoms with Gasteiger partial charge in [0.05, 0.1) is 0 Å². The molecule has 0 aliphatic rings. The zero-order valence-corrected chi connectivity index (χ0v) is 26.1. The quantitative estimate of drug-likeness (QED) is 0.117. The van der Waals surface area contributed by atoms with Crippen LogP contribution in [0.3, 0.4) is 0 Å². The number of benzene rings is 6. The van der Waals surface area contributed by atoms with Crippen molar-refractivity contribution in [2.45, 2.75) is 0 Å². The molecule has 0 aromatic heterocycles. The van der Waals surface area contributed by atoms with Crippen LogP contribution < -0.4 is 31.8 Å². The van der Waals surface area contributed by atoms with E-state index < -0.39 is 15.8 Å². The molecule has 6 aromatic carbocycles. The Labute approximate surface area is 262 Å². The van der Waals surface area contributed by atoms with Crippen LogP contribution in [-0.2, 0) is 4.79 Å². The third-order valence-corrected chi connectivity index (χ3v) is 12.3. The van der Waals surface area contributed by atoms with Crippen LogP contribution in [0.5, 0.6) is 0 Å². The Hall–Kier alpha value is -4.67. The van der Waals surface area contributed by atoms with E-state index in [1.807, 2.05) is 24.3 Å². The third-order valence-electron chi connectivity index (χ3n) is 7.27. The van der Waals surface area contributed by atoms with E-state index in [-0.39, 0.29) is 5.78 Å². The molecule has 6 aromatic rings. The van der Waals surface area contributed by atoms with Crippen molar-refractivity contribution in [1.82, 2.24) is 0 Å². The minimum absolute atomic E-state index is 0.0397. The van der Waals surface area contributed by atoms with E-state index in [0.29, 0.717) is 0 Å². The van der Waals surface area contributed by atoms with Crippen LogP contribution in [0.2, 0.25) is 0 Å². The standard InChI is InChI=1S/C41H32OP2/c42-35(31-29-33-17-13-15-27-40(33)43(36-19-5-1-6-20-36)37-21-7-2-8-22-37)32-30-34-18-14-16-28-41(34)44(38-23-9-3-10-24-38)39-25-11-4-12-26-39/h1-32H/b31-29+,32-30+. The van der Waals surface area contributed by atoms with Gasteiger partial charge in [0.2, 0.25) is 0 Å². The van der Waals surface area contributed by atoms with Gasteiger partial charge >= 0.3 is 0 Å². The fourth-order valence-electron chi connectivity index (χ4n) is 5.23. The lowest BCUT2D eigenvalue weighted by Crippen LogP contribution is -2.22. The molecule has 0 spiro atoms. The van der Waals surface area contributed by atoms with E-state index in [4.69, 9.17) is 0 Å². The molecule has 0 bridgehead atoms. The maximum atomic E-state index is 13.3. The Balaban J connectivity index is 1.30. The summed E-state index contributed by atoms with van der Waals surface area (Å²) in [6.45, 7) is 0. The molecule has 0 aliphatic carbocycles. The highest BCUT2D eigenvalue weighted by atomic mass is 31.1. The average molecular weight is 603 g/mol. The lowest BCUT2D eigenvalue weighted by molar-refractivity contribution is -0.110. The highest BCUT2D eigenvalue weighted by molar-refractivity contribution is 7.80. The number of carbonyl (C=O) groups excluding carboxylic acids is 1. The molecule has 44 heavy (non-hydrogen) atoms. The second-order valence-electron chi connectivity index (χ2n) is 10.2. The topological polar surface area (TPSA) is 17.1 Å². The lowest BCUT2D eigenvalue weighted by atomic mass is 10.1. The first kappa shape index (κ1) is 29.4. The van der Waals surface area contributed by atoms with E-state index in [1.165, 1.54) is 31.8 Å². The highest BCUT2D eigenvalue weighted by Crippen LogP contribution is 2.35. The summed E-state index contributed by atoms with van der Waals surface area (Å²) in [7, 11) is -1.55. The predicted octanol–water partition coefficient (Wildman–Crippen LogP) is 7.50. The van der Waals surface area contributed by atoms with Crippen LogP contribution in [0.25, 0.3) is 12.2 Å². The second-order valence-corrected chi connectivity index (χ2v) is 14.6. The molecular formula is C41H32OP2. The summed E-state index contributed by atoms with van der Waals surface area (Å²) < 4.78 is 0. The van der Waals surface area contributed by atoms with Crippen LogP contribution in [0.4, 0.5) is 0 Å². The molecule has 0 radical (unpaired) electrons. The van der Waals surface area contributed by atoms with Gasteiger partial charge in [0.15, 0.2) is 5.78 Å². The summed E-state index contributed by atoms with van der Waals surface area (Å²) in [5, 5.41) is 7.59. The van der Waals surface area contributed by atoms with E-state index in [2.05, 4.69) is 158 Å². The Morgan fingerprint density at radius 3 is 0.955 bits per heavy atom. The van der Waals surface area contributed by atoms with E-state index in [9.17, 15) is 4.79 Å². The van der Waals surface area contributed by atoms with Gasteiger partial charge in [0.25, 0.3) is 0 Å². The van der Waals surface area contributed by atoms with Gasteiger partial charge in [-0.25, -0.2) is 0 Å². The minimum Gasteiger partial charge on any atom is -0.290 e. The second kappa shape index (κ2) is 14.7. The third kappa shape index (κ3) is 7.10. The summed E-state index contributed by atoms with van der Waals surface area (Å²) in [5.41, 5.74) is 2.12. The smallest absolute Gasteiger partial charge is 0.178 e. The number of rotatable bonds is 10. The summed E-state index contributed by atoms with van der Waals surface area (Å²) in [5.74, 6) is -0.0397. The molecule has 3 heteroatoms. The maximum Gasteiger partial charge on any atom is 0.178 e. The molecule has 0 N–H and O–H groups in total. The van der Waals surface area contributed by atoms with Gasteiger partial charge in [-0.15, -0.1) is 0 Å². The first-order valence-electron chi connectivity index (χ1n) is 14.7. The van der Waals surface area contributed by atoms with Crippen molar-refractivity contribution in [3.63, 3.8) is 0 Å². The fourth-order valence-corrected chi connectivity index (χ4v) is 10.1. The molecule has 0 amide bonds. The van der Waals surface area contributed by atoms with E-state index >= 15 is 0 Å². The Morgan fingerprint density at radius 1 is 0.364 bits per heavy atom. The fraction of sp³-hybridized carbons (Fsp3) is 0. The number of carbonyl (C=O) groups is 1. The molecule has 1 nitrogen and oxygen atoms in total. The Kier molecular flexibility index (Phi) is 9.81. The van der Waals surface area contributed by atoms with Gasteiger partial charge < -0.3 is 0 Å². The van der Waals surface area contributed by atoms with Crippen LogP contribution >= 0.6 is 15.8 Å².